The number of unbranched alkanes of at least 4 members (excludes halogenated alkanes) is 1. The van der Waals surface area contributed by atoms with Gasteiger partial charge in [0.2, 0.25) is 0 Å². The summed E-state index contributed by atoms with van der Waals surface area (Å²) in [5.74, 6) is 0. The maximum absolute atomic E-state index is 3.00. The van der Waals surface area contributed by atoms with E-state index in [2.05, 4.69) is 40.9 Å². The molecule has 0 radical (unpaired) electrons. The summed E-state index contributed by atoms with van der Waals surface area (Å²) in [5, 5.41) is 0. The Hall–Kier alpha value is -0.260. The highest BCUT2D eigenvalue weighted by atomic mass is 13.6. The fourth-order valence-corrected chi connectivity index (χ4v) is 0. The van der Waals surface area contributed by atoms with Crippen molar-refractivity contribution in [1.29, 1.82) is 0 Å². The smallest absolute Gasteiger partial charge is 0.0564 e. The van der Waals surface area contributed by atoms with Crippen LogP contribution < -0.4 is 0 Å². The molecule has 0 unspecified atom stereocenters. The van der Waals surface area contributed by atoms with E-state index in [4.69, 9.17) is 0 Å². The van der Waals surface area contributed by atoms with Crippen LogP contribution >= 0.6 is 0 Å². The van der Waals surface area contributed by atoms with Crippen LogP contribution in [0.4, 0.5) is 0 Å². The monoisotopic (exact) mass is 190 g/mol. The number of hydrogen-bond donors (Lipinski definition) is 0. The molecule has 0 aromatic carbocycles. The van der Waals surface area contributed by atoms with Crippen molar-refractivity contribution < 1.29 is 0 Å². The second kappa shape index (κ2) is 180. The highest BCUT2D eigenvalue weighted by Gasteiger charge is 1.56. The molecule has 0 spiro atoms. The second-order valence-corrected chi connectivity index (χ2v) is 1.71. The van der Waals surface area contributed by atoms with E-state index in [1.54, 1.807) is 0 Å². The van der Waals surface area contributed by atoms with Crippen molar-refractivity contribution in [2.75, 3.05) is 0 Å². The SMILES string of the molecule is C=C.CC.CC.CCC.CCCC. The third-order valence-electron chi connectivity index (χ3n) is 0.500. The second-order valence-electron chi connectivity index (χ2n) is 1.71. The van der Waals surface area contributed by atoms with E-state index in [9.17, 15) is 0 Å². The van der Waals surface area contributed by atoms with Crippen LogP contribution in [-0.2, 0) is 0 Å². The molecule has 0 rings (SSSR count). The van der Waals surface area contributed by atoms with Crippen molar-refractivity contribution in [2.24, 2.45) is 0 Å². The summed E-state index contributed by atoms with van der Waals surface area (Å²) in [6.07, 6.45) is 3.89. The van der Waals surface area contributed by atoms with E-state index < -0.39 is 0 Å². The van der Waals surface area contributed by atoms with Gasteiger partial charge in [0.05, 0.1) is 0 Å². The van der Waals surface area contributed by atoms with Crippen molar-refractivity contribution in [3.05, 3.63) is 13.2 Å². The third-order valence-corrected chi connectivity index (χ3v) is 0.500. The summed E-state index contributed by atoms with van der Waals surface area (Å²) >= 11 is 0. The minimum Gasteiger partial charge on any atom is -0.106 e. The normalized spacial score (nSPS) is 4.92. The molecule has 0 aliphatic heterocycles. The first kappa shape index (κ1) is 29.3. The fraction of sp³-hybridized carbons (Fsp3) is 0.846. The van der Waals surface area contributed by atoms with Gasteiger partial charge in [-0.1, -0.05) is 74.7 Å². The van der Waals surface area contributed by atoms with Gasteiger partial charge in [-0.25, -0.2) is 0 Å². The van der Waals surface area contributed by atoms with Crippen LogP contribution in [-0.4, -0.2) is 0 Å². The summed E-state index contributed by atoms with van der Waals surface area (Å²) in [6.45, 7) is 22.6. The topological polar surface area (TPSA) is 0 Å². The molecule has 0 heteroatoms. The van der Waals surface area contributed by atoms with Gasteiger partial charge in [0, 0.05) is 0 Å². The molecule has 0 fully saturated rings. The van der Waals surface area contributed by atoms with Crippen LogP contribution in [0, 0.1) is 0 Å². The molecule has 0 aliphatic carbocycles. The van der Waals surface area contributed by atoms with Gasteiger partial charge in [-0.05, 0) is 0 Å². The lowest BCUT2D eigenvalue weighted by Crippen LogP contribution is -1.47. The maximum Gasteiger partial charge on any atom is -0.0564 e. The van der Waals surface area contributed by atoms with E-state index in [0.717, 1.165) is 0 Å². The minimum atomic E-state index is 1.25. The first-order valence-corrected chi connectivity index (χ1v) is 5.83. The van der Waals surface area contributed by atoms with Crippen molar-refractivity contribution in [3.63, 3.8) is 0 Å². The van der Waals surface area contributed by atoms with Crippen molar-refractivity contribution in [1.82, 2.24) is 0 Å². The van der Waals surface area contributed by atoms with Gasteiger partial charge >= 0.3 is 0 Å². The fourth-order valence-electron chi connectivity index (χ4n) is 0. The van der Waals surface area contributed by atoms with E-state index in [0.29, 0.717) is 0 Å². The molecule has 0 aromatic heterocycles. The zero-order chi connectivity index (χ0) is 12.1. The van der Waals surface area contributed by atoms with Gasteiger partial charge in [0.25, 0.3) is 0 Å². The largest absolute Gasteiger partial charge is 0.106 e. The Bertz CT molecular complexity index is 14.0. The molecule has 0 nitrogen and oxygen atoms in total. The van der Waals surface area contributed by atoms with E-state index in [1.807, 2.05) is 27.7 Å². The van der Waals surface area contributed by atoms with E-state index in [1.165, 1.54) is 19.3 Å². The van der Waals surface area contributed by atoms with Crippen molar-refractivity contribution in [3.8, 4) is 0 Å². The Balaban J connectivity index is -0.0000000215. The number of rotatable bonds is 1. The zero-order valence-corrected chi connectivity index (χ0v) is 11.5. The summed E-state index contributed by atoms with van der Waals surface area (Å²) in [4.78, 5) is 0. The van der Waals surface area contributed by atoms with Crippen LogP contribution in [0.5, 0.6) is 0 Å². The van der Waals surface area contributed by atoms with E-state index >= 15 is 0 Å². The first-order chi connectivity index (χ1) is 6.33. The van der Waals surface area contributed by atoms with Gasteiger partial charge in [0.15, 0.2) is 0 Å². The van der Waals surface area contributed by atoms with Gasteiger partial charge in [-0.15, -0.1) is 13.2 Å². The van der Waals surface area contributed by atoms with Crippen LogP contribution in [0.25, 0.3) is 0 Å². The lowest BCUT2D eigenvalue weighted by atomic mass is 10.4. The van der Waals surface area contributed by atoms with Crippen molar-refractivity contribution in [2.45, 2.75) is 74.7 Å². The molecule has 0 bridgehead atoms. The van der Waals surface area contributed by atoms with Gasteiger partial charge < -0.3 is 0 Å². The summed E-state index contributed by atoms with van der Waals surface area (Å²) in [6, 6.07) is 0. The van der Waals surface area contributed by atoms with Crippen LogP contribution in [0.2, 0.25) is 0 Å². The third kappa shape index (κ3) is 2030. The highest BCUT2D eigenvalue weighted by molar-refractivity contribution is 4.22. The predicted molar refractivity (Wildman–Crippen MR) is 70.5 cm³/mol. The lowest BCUT2D eigenvalue weighted by Gasteiger charge is -1.68. The predicted octanol–water partition coefficient (Wildman–Crippen LogP) is 6.08. The molecule has 0 aromatic rings. The van der Waals surface area contributed by atoms with Crippen LogP contribution in [0.15, 0.2) is 13.2 Å². The Morgan fingerprint density at radius 3 is 0.692 bits per heavy atom. The zero-order valence-electron chi connectivity index (χ0n) is 11.5. The molecule has 13 heavy (non-hydrogen) atoms. The molecule has 0 N–H and O–H groups in total. The van der Waals surface area contributed by atoms with Crippen LogP contribution in [0.3, 0.4) is 0 Å². The molecule has 0 heterocycles. The summed E-state index contributed by atoms with van der Waals surface area (Å²) < 4.78 is 0. The Kier molecular flexibility index (Phi) is 407. The molecular weight excluding hydrogens is 156 g/mol. The Morgan fingerprint density at radius 2 is 0.692 bits per heavy atom. The standard InChI is InChI=1S/C4H10.C3H8.2C2H6.C2H4/c1-3-4-2;1-3-2;3*1-2/h3-4H2,1-2H3;3H2,1-2H3;2*1-2H3;1-2H2. The average molecular weight is 190 g/mol. The van der Waals surface area contributed by atoms with Gasteiger partial charge in [-0.3, -0.25) is 0 Å². The summed E-state index contributed by atoms with van der Waals surface area (Å²) in [7, 11) is 0. The molecule has 86 valence electrons. The minimum absolute atomic E-state index is 1.25. The molecule has 0 aliphatic rings. The van der Waals surface area contributed by atoms with Gasteiger partial charge in [-0.2, -0.15) is 0 Å². The lowest BCUT2D eigenvalue weighted by molar-refractivity contribution is 0.886. The summed E-state index contributed by atoms with van der Waals surface area (Å²) in [5.41, 5.74) is 0. The molecule has 0 amide bonds. The highest BCUT2D eigenvalue weighted by Crippen LogP contribution is 1.76. The van der Waals surface area contributed by atoms with Crippen molar-refractivity contribution >= 4 is 0 Å². The number of hydrogen-bond acceptors (Lipinski definition) is 0. The Morgan fingerprint density at radius 1 is 0.615 bits per heavy atom. The van der Waals surface area contributed by atoms with E-state index in [-0.39, 0.29) is 0 Å². The Labute approximate surface area is 88.5 Å². The molecular formula is C13H34. The van der Waals surface area contributed by atoms with Crippen LogP contribution in [0.1, 0.15) is 74.7 Å². The molecule has 0 saturated heterocycles. The quantitative estimate of drug-likeness (QED) is 0.440. The average Bonchev–Trinajstić information content (AvgIpc) is 2.27. The maximum atomic E-state index is 3.00. The first-order valence-electron chi connectivity index (χ1n) is 5.83. The molecule has 0 saturated carbocycles. The van der Waals surface area contributed by atoms with Gasteiger partial charge in [0.1, 0.15) is 0 Å². The molecule has 0 atom stereocenters.